The SMILES string of the molecule is C[N+]1(CC2=C(C(=O)O)N3C(=O)C(N)[C@@H]3SC2)CCCC1CCO. The molecule has 0 aliphatic carbocycles. The molecule has 128 valence electrons. The number of aliphatic hydroxyl groups excluding tert-OH is 1. The van der Waals surface area contributed by atoms with Gasteiger partial charge in [-0.2, -0.15) is 0 Å². The Morgan fingerprint density at radius 1 is 1.52 bits per heavy atom. The van der Waals surface area contributed by atoms with Crippen LogP contribution in [0.4, 0.5) is 0 Å². The Balaban J connectivity index is 1.88. The molecule has 23 heavy (non-hydrogen) atoms. The summed E-state index contributed by atoms with van der Waals surface area (Å²) >= 11 is 1.55. The second-order valence-corrected chi connectivity index (χ2v) is 7.97. The third-order valence-electron chi connectivity index (χ3n) is 5.39. The van der Waals surface area contributed by atoms with Crippen LogP contribution in [0.25, 0.3) is 0 Å². The number of carboxylic acids is 1. The van der Waals surface area contributed by atoms with Crippen LogP contribution in [0.5, 0.6) is 0 Å². The molecule has 0 radical (unpaired) electrons. The molecule has 3 rings (SSSR count). The molecule has 0 bridgehead atoms. The fraction of sp³-hybridized carbons (Fsp3) is 0.733. The van der Waals surface area contributed by atoms with Gasteiger partial charge in [-0.05, 0) is 0 Å². The van der Waals surface area contributed by atoms with Crippen LogP contribution in [0.15, 0.2) is 11.3 Å². The van der Waals surface area contributed by atoms with Crippen LogP contribution in [0, 0.1) is 0 Å². The molecule has 4 atom stereocenters. The second-order valence-electron chi connectivity index (χ2n) is 6.86. The van der Waals surface area contributed by atoms with Crippen LogP contribution >= 0.6 is 11.8 Å². The van der Waals surface area contributed by atoms with E-state index in [1.807, 2.05) is 0 Å². The number of rotatable bonds is 5. The molecule has 1 amide bonds. The first-order valence-electron chi connectivity index (χ1n) is 7.99. The fourth-order valence-corrected chi connectivity index (χ4v) is 5.42. The maximum absolute atomic E-state index is 12.0. The third-order valence-corrected chi connectivity index (χ3v) is 6.75. The monoisotopic (exact) mass is 342 g/mol. The van der Waals surface area contributed by atoms with Gasteiger partial charge in [-0.25, -0.2) is 4.79 Å². The van der Waals surface area contributed by atoms with E-state index in [-0.39, 0.29) is 23.6 Å². The number of likely N-dealkylation sites (tertiary alicyclic amines) is 1. The van der Waals surface area contributed by atoms with Crippen molar-refractivity contribution >= 4 is 23.6 Å². The molecule has 0 aromatic carbocycles. The van der Waals surface area contributed by atoms with E-state index in [2.05, 4.69) is 7.05 Å². The van der Waals surface area contributed by atoms with Gasteiger partial charge in [0.05, 0.1) is 19.6 Å². The highest BCUT2D eigenvalue weighted by Crippen LogP contribution is 2.41. The number of aliphatic hydroxyl groups is 1. The summed E-state index contributed by atoms with van der Waals surface area (Å²) in [7, 11) is 2.13. The number of fused-ring (bicyclic) bond motifs is 1. The van der Waals surface area contributed by atoms with E-state index in [0.717, 1.165) is 35.9 Å². The number of carboxylic acid groups (broad SMARTS) is 1. The van der Waals surface area contributed by atoms with Crippen LogP contribution in [0.1, 0.15) is 19.3 Å². The predicted molar refractivity (Wildman–Crippen MR) is 86.4 cm³/mol. The quantitative estimate of drug-likeness (QED) is 0.462. The number of thioether (sulfide) groups is 1. The first kappa shape index (κ1) is 16.8. The van der Waals surface area contributed by atoms with Gasteiger partial charge >= 0.3 is 5.97 Å². The van der Waals surface area contributed by atoms with Crippen LogP contribution < -0.4 is 5.73 Å². The molecular weight excluding hydrogens is 318 g/mol. The number of hydrogen-bond acceptors (Lipinski definition) is 5. The molecule has 3 aliphatic heterocycles. The van der Waals surface area contributed by atoms with Gasteiger partial charge in [0.2, 0.25) is 5.91 Å². The van der Waals surface area contributed by atoms with Crippen molar-refractivity contribution in [1.29, 1.82) is 0 Å². The molecular formula is C15H24N3O4S+. The summed E-state index contributed by atoms with van der Waals surface area (Å²) < 4.78 is 0.742. The topological polar surface area (TPSA) is 104 Å². The Kier molecular flexibility index (Phi) is 4.43. The first-order chi connectivity index (χ1) is 10.9. The molecule has 2 fully saturated rings. The summed E-state index contributed by atoms with van der Waals surface area (Å²) in [5, 5.41) is 18.6. The van der Waals surface area contributed by atoms with Gasteiger partial charge in [-0.1, -0.05) is 0 Å². The third kappa shape index (κ3) is 2.67. The number of hydrogen-bond donors (Lipinski definition) is 3. The van der Waals surface area contributed by atoms with Gasteiger partial charge in [0.15, 0.2) is 0 Å². The number of nitrogens with zero attached hydrogens (tertiary/aromatic N) is 2. The van der Waals surface area contributed by atoms with Crippen LogP contribution in [0.3, 0.4) is 0 Å². The van der Waals surface area contributed by atoms with E-state index in [9.17, 15) is 19.8 Å². The van der Waals surface area contributed by atoms with Crippen molar-refractivity contribution in [3.63, 3.8) is 0 Å². The zero-order chi connectivity index (χ0) is 16.8. The summed E-state index contributed by atoms with van der Waals surface area (Å²) in [6.45, 7) is 1.74. The summed E-state index contributed by atoms with van der Waals surface area (Å²) in [4.78, 5) is 25.1. The van der Waals surface area contributed by atoms with E-state index in [0.29, 0.717) is 18.3 Å². The average Bonchev–Trinajstić information content (AvgIpc) is 2.87. The molecule has 0 spiro atoms. The van der Waals surface area contributed by atoms with Gasteiger partial charge in [0.25, 0.3) is 0 Å². The minimum absolute atomic E-state index is 0.134. The summed E-state index contributed by atoms with van der Waals surface area (Å²) in [6.07, 6.45) is 2.87. The number of likely N-dealkylation sites (N-methyl/N-ethyl adjacent to an activating group) is 1. The molecule has 4 N–H and O–H groups in total. The van der Waals surface area contributed by atoms with E-state index in [1.54, 1.807) is 11.8 Å². The maximum Gasteiger partial charge on any atom is 0.352 e. The van der Waals surface area contributed by atoms with Crippen molar-refractivity contribution in [2.45, 2.75) is 36.7 Å². The smallest absolute Gasteiger partial charge is 0.352 e. The summed E-state index contributed by atoms with van der Waals surface area (Å²) in [6, 6.07) is -0.241. The van der Waals surface area contributed by atoms with E-state index in [1.165, 1.54) is 4.90 Å². The van der Waals surface area contributed by atoms with Crippen molar-refractivity contribution in [2.24, 2.45) is 5.73 Å². The van der Waals surface area contributed by atoms with E-state index in [4.69, 9.17) is 5.73 Å². The molecule has 3 heterocycles. The first-order valence-corrected chi connectivity index (χ1v) is 9.04. The molecule has 2 saturated heterocycles. The number of aliphatic carboxylic acids is 1. The molecule has 7 nitrogen and oxygen atoms in total. The lowest BCUT2D eigenvalue weighted by atomic mass is 10.0. The molecule has 0 aromatic rings. The van der Waals surface area contributed by atoms with Crippen molar-refractivity contribution in [3.8, 4) is 0 Å². The van der Waals surface area contributed by atoms with Crippen LogP contribution in [0.2, 0.25) is 0 Å². The highest BCUT2D eigenvalue weighted by molar-refractivity contribution is 8.00. The van der Waals surface area contributed by atoms with Gasteiger partial charge < -0.3 is 20.4 Å². The Morgan fingerprint density at radius 2 is 2.26 bits per heavy atom. The van der Waals surface area contributed by atoms with Gasteiger partial charge in [0, 0.05) is 37.2 Å². The normalized spacial score (nSPS) is 36.9. The van der Waals surface area contributed by atoms with Crippen molar-refractivity contribution < 1.29 is 24.3 Å². The molecule has 0 saturated carbocycles. The second kappa shape index (κ2) is 6.08. The lowest BCUT2D eigenvalue weighted by Gasteiger charge is -2.49. The lowest BCUT2D eigenvalue weighted by molar-refractivity contribution is -0.917. The van der Waals surface area contributed by atoms with Gasteiger partial charge in [-0.15, -0.1) is 11.8 Å². The molecule has 3 aliphatic rings. The van der Waals surface area contributed by atoms with Crippen molar-refractivity contribution in [2.75, 3.05) is 32.5 Å². The number of β-lactam (4-membered cyclic amide) rings is 1. The Bertz CT molecular complexity index is 567. The highest BCUT2D eigenvalue weighted by atomic mass is 32.2. The number of carbonyl (C=O) groups excluding carboxylic acids is 1. The van der Waals surface area contributed by atoms with Crippen LogP contribution in [-0.4, -0.2) is 81.4 Å². The minimum Gasteiger partial charge on any atom is -0.477 e. The lowest BCUT2D eigenvalue weighted by Crippen LogP contribution is -2.68. The maximum atomic E-state index is 12.0. The van der Waals surface area contributed by atoms with E-state index >= 15 is 0 Å². The summed E-state index contributed by atoms with van der Waals surface area (Å²) in [5.74, 6) is -0.744. The Hall–Kier alpha value is -1.09. The van der Waals surface area contributed by atoms with Crippen molar-refractivity contribution in [3.05, 3.63) is 11.3 Å². The van der Waals surface area contributed by atoms with Crippen LogP contribution in [-0.2, 0) is 9.59 Å². The number of quaternary nitrogens is 1. The number of nitrogens with two attached hydrogens (primary N) is 1. The minimum atomic E-state index is -1.05. The molecule has 3 unspecified atom stereocenters. The zero-order valence-corrected chi connectivity index (χ0v) is 14.1. The fourth-order valence-electron chi connectivity index (χ4n) is 4.13. The summed E-state index contributed by atoms with van der Waals surface area (Å²) in [5.41, 5.74) is 6.72. The highest BCUT2D eigenvalue weighted by Gasteiger charge is 2.52. The van der Waals surface area contributed by atoms with E-state index < -0.39 is 12.0 Å². The van der Waals surface area contributed by atoms with Gasteiger partial charge in [0.1, 0.15) is 23.7 Å². The van der Waals surface area contributed by atoms with Gasteiger partial charge in [-0.3, -0.25) is 9.69 Å². The van der Waals surface area contributed by atoms with Crippen molar-refractivity contribution in [1.82, 2.24) is 4.90 Å². The Morgan fingerprint density at radius 3 is 2.91 bits per heavy atom. The molecule has 8 heteroatoms. The standard InChI is InChI=1S/C15H23N3O4S/c1-18(5-2-3-10(18)4-6-19)7-9-8-23-14-11(16)13(20)17(14)12(9)15(21)22/h10-11,14,19H,2-8,16H2,1H3/p+1/t10?,11?,14-,18?/m0/s1. The number of amides is 1. The Labute approximate surface area is 139 Å². The average molecular weight is 342 g/mol. The zero-order valence-electron chi connectivity index (χ0n) is 13.3. The predicted octanol–water partition coefficient (Wildman–Crippen LogP) is -0.441. The molecule has 0 aromatic heterocycles. The largest absolute Gasteiger partial charge is 0.477 e. The number of carbonyl (C=O) groups is 2.